The van der Waals surface area contributed by atoms with Gasteiger partial charge in [-0.1, -0.05) is 11.8 Å². The Labute approximate surface area is 109 Å². The number of hydrogen-bond acceptors (Lipinski definition) is 5. The molecule has 18 heavy (non-hydrogen) atoms. The number of rotatable bonds is 6. The Morgan fingerprint density at radius 1 is 1.72 bits per heavy atom. The van der Waals surface area contributed by atoms with E-state index in [0.717, 1.165) is 12.8 Å². The first kappa shape index (κ1) is 13.2. The number of aromatic nitrogens is 3. The second-order valence-electron chi connectivity index (χ2n) is 4.52. The summed E-state index contributed by atoms with van der Waals surface area (Å²) in [6, 6.07) is 0. The Morgan fingerprint density at radius 3 is 2.78 bits per heavy atom. The molecule has 0 aliphatic heterocycles. The molecule has 1 unspecified atom stereocenters. The zero-order valence-corrected chi connectivity index (χ0v) is 11.2. The normalized spacial score (nSPS) is 18.6. The lowest BCUT2D eigenvalue weighted by molar-refractivity contribution is -0.124. The van der Waals surface area contributed by atoms with Crippen LogP contribution in [0.1, 0.15) is 12.8 Å². The quantitative estimate of drug-likeness (QED) is 0.579. The summed E-state index contributed by atoms with van der Waals surface area (Å²) in [4.78, 5) is 22.9. The third-order valence-corrected chi connectivity index (χ3v) is 4.65. The first-order valence-corrected chi connectivity index (χ1v) is 6.73. The zero-order valence-electron chi connectivity index (χ0n) is 10.4. The van der Waals surface area contributed by atoms with E-state index in [1.807, 2.05) is 0 Å². The lowest BCUT2D eigenvalue weighted by Gasteiger charge is -2.29. The van der Waals surface area contributed by atoms with Crippen LogP contribution in [0.25, 0.3) is 0 Å². The smallest absolute Gasteiger partial charge is 0.343 e. The molecule has 1 aromatic heterocycles. The van der Waals surface area contributed by atoms with Crippen molar-refractivity contribution in [1.29, 1.82) is 0 Å². The van der Waals surface area contributed by atoms with E-state index >= 15 is 0 Å². The van der Waals surface area contributed by atoms with Crippen LogP contribution in [0.15, 0.2) is 9.95 Å². The molecule has 1 aliphatic carbocycles. The molecule has 0 saturated heterocycles. The molecule has 0 aromatic carbocycles. The van der Waals surface area contributed by atoms with Crippen LogP contribution in [-0.4, -0.2) is 39.0 Å². The van der Waals surface area contributed by atoms with E-state index in [9.17, 15) is 9.59 Å². The van der Waals surface area contributed by atoms with Crippen LogP contribution in [0, 0.1) is 5.92 Å². The number of H-pyrrole nitrogens is 1. The molecule has 100 valence electrons. The van der Waals surface area contributed by atoms with Gasteiger partial charge in [-0.3, -0.25) is 9.36 Å². The van der Waals surface area contributed by atoms with Gasteiger partial charge in [0, 0.05) is 12.8 Å². The monoisotopic (exact) mass is 271 g/mol. The Hall–Kier alpha value is -1.28. The van der Waals surface area contributed by atoms with E-state index in [0.29, 0.717) is 10.9 Å². The average Bonchev–Trinajstić information content (AvgIpc) is 3.12. The predicted molar refractivity (Wildman–Crippen MR) is 68.3 cm³/mol. The SMILES string of the molecule is CNC(CSc1n[nH]c(=O)n1C)(C(N)=O)C1CC1. The Morgan fingerprint density at radius 2 is 2.39 bits per heavy atom. The van der Waals surface area contributed by atoms with Gasteiger partial charge in [0.05, 0.1) is 0 Å². The molecule has 7 nitrogen and oxygen atoms in total. The highest BCUT2D eigenvalue weighted by Gasteiger charge is 2.48. The van der Waals surface area contributed by atoms with E-state index in [4.69, 9.17) is 5.73 Å². The first-order chi connectivity index (χ1) is 8.51. The highest BCUT2D eigenvalue weighted by atomic mass is 32.2. The van der Waals surface area contributed by atoms with Crippen molar-refractivity contribution in [3.63, 3.8) is 0 Å². The van der Waals surface area contributed by atoms with E-state index in [1.165, 1.54) is 16.3 Å². The molecular weight excluding hydrogens is 254 g/mol. The second-order valence-corrected chi connectivity index (χ2v) is 5.46. The fraction of sp³-hybridized carbons (Fsp3) is 0.700. The fourth-order valence-electron chi connectivity index (χ4n) is 2.01. The first-order valence-electron chi connectivity index (χ1n) is 5.74. The van der Waals surface area contributed by atoms with Gasteiger partial charge in [0.25, 0.3) is 0 Å². The van der Waals surface area contributed by atoms with Crippen molar-refractivity contribution >= 4 is 17.7 Å². The molecule has 2 rings (SSSR count). The van der Waals surface area contributed by atoms with Crippen molar-refractivity contribution in [2.45, 2.75) is 23.5 Å². The summed E-state index contributed by atoms with van der Waals surface area (Å²) < 4.78 is 1.42. The molecule has 0 spiro atoms. The zero-order chi connectivity index (χ0) is 13.3. The van der Waals surface area contributed by atoms with Crippen molar-refractivity contribution < 1.29 is 4.79 Å². The van der Waals surface area contributed by atoms with Gasteiger partial charge in [-0.05, 0) is 25.8 Å². The largest absolute Gasteiger partial charge is 0.368 e. The van der Waals surface area contributed by atoms with E-state index in [2.05, 4.69) is 15.5 Å². The molecule has 0 bridgehead atoms. The van der Waals surface area contributed by atoms with Gasteiger partial charge < -0.3 is 11.1 Å². The van der Waals surface area contributed by atoms with Crippen LogP contribution in [0.3, 0.4) is 0 Å². The molecule has 0 radical (unpaired) electrons. The predicted octanol–water partition coefficient (Wildman–Crippen LogP) is -0.946. The lowest BCUT2D eigenvalue weighted by Crippen LogP contribution is -2.57. The summed E-state index contributed by atoms with van der Waals surface area (Å²) in [5.41, 5.74) is 4.54. The summed E-state index contributed by atoms with van der Waals surface area (Å²) in [6.07, 6.45) is 2.01. The standard InChI is InChI=1S/C10H17N5O2S/c1-12-10(7(11)16,6-3-4-6)5-18-9-14-13-8(17)15(9)2/h6,12H,3-5H2,1-2H3,(H2,11,16)(H,13,17). The van der Waals surface area contributed by atoms with Gasteiger partial charge in [-0.2, -0.15) is 0 Å². The van der Waals surface area contributed by atoms with Crippen molar-refractivity contribution in [3.8, 4) is 0 Å². The number of nitrogens with one attached hydrogen (secondary N) is 2. The van der Waals surface area contributed by atoms with Crippen molar-refractivity contribution in [2.24, 2.45) is 18.7 Å². The maximum Gasteiger partial charge on any atom is 0.343 e. The average molecular weight is 271 g/mol. The summed E-state index contributed by atoms with van der Waals surface area (Å²) in [5.74, 6) is 0.408. The minimum atomic E-state index is -0.709. The van der Waals surface area contributed by atoms with Crippen molar-refractivity contribution in [2.75, 3.05) is 12.8 Å². The molecule has 1 heterocycles. The summed E-state index contributed by atoms with van der Waals surface area (Å²) >= 11 is 1.35. The molecule has 1 aliphatic rings. The minimum Gasteiger partial charge on any atom is -0.368 e. The highest BCUT2D eigenvalue weighted by molar-refractivity contribution is 7.99. The number of primary amides is 1. The molecule has 1 atom stereocenters. The van der Waals surface area contributed by atoms with Crippen LogP contribution >= 0.6 is 11.8 Å². The van der Waals surface area contributed by atoms with E-state index in [1.54, 1.807) is 14.1 Å². The molecule has 1 fully saturated rings. The molecule has 4 N–H and O–H groups in total. The second kappa shape index (κ2) is 4.77. The molecular formula is C10H17N5O2S. The topological polar surface area (TPSA) is 106 Å². The van der Waals surface area contributed by atoms with Crippen LogP contribution in [-0.2, 0) is 11.8 Å². The number of likely N-dealkylation sites (N-methyl/N-ethyl adjacent to an activating group) is 1. The van der Waals surface area contributed by atoms with Crippen LogP contribution in [0.5, 0.6) is 0 Å². The fourth-order valence-corrected chi connectivity index (χ4v) is 3.27. The van der Waals surface area contributed by atoms with Crippen molar-refractivity contribution in [3.05, 3.63) is 10.5 Å². The van der Waals surface area contributed by atoms with Gasteiger partial charge in [-0.15, -0.1) is 5.10 Å². The number of amides is 1. The summed E-state index contributed by atoms with van der Waals surface area (Å²) in [7, 11) is 3.38. The molecule has 1 saturated carbocycles. The van der Waals surface area contributed by atoms with Crippen LogP contribution in [0.2, 0.25) is 0 Å². The molecule has 1 amide bonds. The number of nitrogens with zero attached hydrogens (tertiary/aromatic N) is 2. The maximum atomic E-state index is 11.7. The number of hydrogen-bond donors (Lipinski definition) is 3. The number of aromatic amines is 1. The van der Waals surface area contributed by atoms with Gasteiger partial charge in [0.15, 0.2) is 5.16 Å². The van der Waals surface area contributed by atoms with Gasteiger partial charge >= 0.3 is 5.69 Å². The maximum absolute atomic E-state index is 11.7. The Bertz CT molecular complexity index is 507. The van der Waals surface area contributed by atoms with Gasteiger partial charge in [0.1, 0.15) is 5.54 Å². The third-order valence-electron chi connectivity index (χ3n) is 3.43. The third kappa shape index (κ3) is 2.17. The van der Waals surface area contributed by atoms with E-state index in [-0.39, 0.29) is 17.5 Å². The number of carbonyl (C=O) groups is 1. The van der Waals surface area contributed by atoms with E-state index < -0.39 is 5.54 Å². The summed E-state index contributed by atoms with van der Waals surface area (Å²) in [6.45, 7) is 0. The Balaban J connectivity index is 2.13. The van der Waals surface area contributed by atoms with Gasteiger partial charge in [-0.25, -0.2) is 9.89 Å². The number of nitrogens with two attached hydrogens (primary N) is 1. The van der Waals surface area contributed by atoms with Crippen LogP contribution < -0.4 is 16.7 Å². The number of thioether (sulfide) groups is 1. The summed E-state index contributed by atoms with van der Waals surface area (Å²) in [5, 5.41) is 9.88. The van der Waals surface area contributed by atoms with Crippen molar-refractivity contribution in [1.82, 2.24) is 20.1 Å². The lowest BCUT2D eigenvalue weighted by atomic mass is 9.95. The Kier molecular flexibility index (Phi) is 3.49. The molecule has 8 heteroatoms. The number of carbonyl (C=O) groups excluding carboxylic acids is 1. The molecule has 1 aromatic rings. The van der Waals surface area contributed by atoms with Gasteiger partial charge in [0.2, 0.25) is 5.91 Å². The minimum absolute atomic E-state index is 0.266. The van der Waals surface area contributed by atoms with Crippen LogP contribution in [0.4, 0.5) is 0 Å². The highest BCUT2D eigenvalue weighted by Crippen LogP contribution is 2.41.